The Labute approximate surface area is 151 Å². The fraction of sp³-hybridized carbons (Fsp3) is 0.556. The zero-order chi connectivity index (χ0) is 17.9. The van der Waals surface area contributed by atoms with Crippen LogP contribution in [0, 0.1) is 0 Å². The van der Waals surface area contributed by atoms with E-state index in [0.29, 0.717) is 23.9 Å². The van der Waals surface area contributed by atoms with E-state index in [1.165, 1.54) is 0 Å². The van der Waals surface area contributed by atoms with Crippen LogP contribution in [0.1, 0.15) is 65.0 Å². The Balaban J connectivity index is 1.45. The molecule has 0 spiro atoms. The first-order valence-electron chi connectivity index (χ1n) is 9.20. The first-order chi connectivity index (χ1) is 12.5. The molecule has 3 aliphatic rings. The Kier molecular flexibility index (Phi) is 3.53. The molecule has 2 aromatic heterocycles. The van der Waals surface area contributed by atoms with Crippen molar-refractivity contribution in [1.82, 2.24) is 9.78 Å². The Bertz CT molecular complexity index is 984. The fourth-order valence-electron chi connectivity index (χ4n) is 4.05. The lowest BCUT2D eigenvalue weighted by molar-refractivity contribution is 0.0994. The summed E-state index contributed by atoms with van der Waals surface area (Å²) in [4.78, 5) is 12.8. The fourth-order valence-corrected chi connectivity index (χ4v) is 5.75. The van der Waals surface area contributed by atoms with Crippen molar-refractivity contribution in [3.63, 3.8) is 0 Å². The minimum absolute atomic E-state index is 0.0812. The summed E-state index contributed by atoms with van der Waals surface area (Å²) < 4.78 is 31.0. The molecule has 8 heteroatoms. The molecule has 26 heavy (non-hydrogen) atoms. The van der Waals surface area contributed by atoms with Crippen LogP contribution in [0.3, 0.4) is 0 Å². The molecule has 1 saturated heterocycles. The molecule has 0 radical (unpaired) electrons. The molecule has 3 heterocycles. The van der Waals surface area contributed by atoms with E-state index in [1.54, 1.807) is 10.9 Å². The van der Waals surface area contributed by atoms with Gasteiger partial charge in [0, 0.05) is 17.5 Å². The maximum absolute atomic E-state index is 12.8. The molecular formula is C18H21N3O4S. The average molecular weight is 375 g/mol. The standard InChI is InChI=1S/C18H21N3O4S/c22-18(17-14-3-1-2-12(14)9-25-17)19-16-8-15(11-4-5-11)20-21(16)13-6-7-26(23,24)10-13/h8-9,11,13H,1-7,10H2,(H,19,22). The van der Waals surface area contributed by atoms with Crippen molar-refractivity contribution >= 4 is 21.6 Å². The lowest BCUT2D eigenvalue weighted by Crippen LogP contribution is -2.20. The van der Waals surface area contributed by atoms with E-state index in [2.05, 4.69) is 10.4 Å². The minimum atomic E-state index is -3.03. The molecule has 2 aliphatic carbocycles. The number of carbonyl (C=O) groups excluding carboxylic acids is 1. The van der Waals surface area contributed by atoms with Crippen molar-refractivity contribution < 1.29 is 17.6 Å². The van der Waals surface area contributed by atoms with Gasteiger partial charge < -0.3 is 9.73 Å². The van der Waals surface area contributed by atoms with E-state index < -0.39 is 9.84 Å². The van der Waals surface area contributed by atoms with Gasteiger partial charge in [-0.05, 0) is 44.1 Å². The number of aryl methyl sites for hydroxylation is 1. The van der Waals surface area contributed by atoms with Crippen LogP contribution in [-0.2, 0) is 22.7 Å². The van der Waals surface area contributed by atoms with Gasteiger partial charge in [-0.2, -0.15) is 5.10 Å². The van der Waals surface area contributed by atoms with Crippen LogP contribution >= 0.6 is 0 Å². The van der Waals surface area contributed by atoms with Crippen LogP contribution in [-0.4, -0.2) is 35.6 Å². The Morgan fingerprint density at radius 1 is 1.27 bits per heavy atom. The van der Waals surface area contributed by atoms with Gasteiger partial charge in [0.25, 0.3) is 5.91 Å². The van der Waals surface area contributed by atoms with E-state index in [4.69, 9.17) is 4.42 Å². The quantitative estimate of drug-likeness (QED) is 0.886. The predicted molar refractivity (Wildman–Crippen MR) is 95.2 cm³/mol. The summed E-state index contributed by atoms with van der Waals surface area (Å²) in [6.45, 7) is 0. The van der Waals surface area contributed by atoms with Crippen molar-refractivity contribution in [1.29, 1.82) is 0 Å². The van der Waals surface area contributed by atoms with Gasteiger partial charge in [-0.25, -0.2) is 13.1 Å². The first-order valence-corrected chi connectivity index (χ1v) is 11.0. The molecule has 1 amide bonds. The van der Waals surface area contributed by atoms with Crippen LogP contribution < -0.4 is 5.32 Å². The number of hydrogen-bond acceptors (Lipinski definition) is 5. The minimum Gasteiger partial charge on any atom is -0.459 e. The number of rotatable bonds is 4. The molecule has 1 atom stereocenters. The summed E-state index contributed by atoms with van der Waals surface area (Å²) in [5, 5.41) is 7.56. The number of carbonyl (C=O) groups is 1. The van der Waals surface area contributed by atoms with Gasteiger partial charge in [-0.15, -0.1) is 0 Å². The molecule has 0 bridgehead atoms. The van der Waals surface area contributed by atoms with Crippen molar-refractivity contribution in [3.8, 4) is 0 Å². The van der Waals surface area contributed by atoms with E-state index >= 15 is 0 Å². The monoisotopic (exact) mass is 375 g/mol. The molecule has 138 valence electrons. The number of fused-ring (bicyclic) bond motifs is 1. The van der Waals surface area contributed by atoms with E-state index in [0.717, 1.165) is 48.9 Å². The second-order valence-electron chi connectivity index (χ2n) is 7.61. The van der Waals surface area contributed by atoms with Crippen molar-refractivity contribution in [3.05, 3.63) is 34.9 Å². The lowest BCUT2D eigenvalue weighted by Gasteiger charge is -2.13. The SMILES string of the molecule is O=C(Nc1cc(C2CC2)nn1C1CCS(=O)(=O)C1)c1occ2c1CCC2. The van der Waals surface area contributed by atoms with Gasteiger partial charge in [0.2, 0.25) is 0 Å². The zero-order valence-corrected chi connectivity index (χ0v) is 15.2. The number of hydrogen-bond donors (Lipinski definition) is 1. The van der Waals surface area contributed by atoms with Crippen molar-refractivity contribution in [2.75, 3.05) is 16.8 Å². The van der Waals surface area contributed by atoms with Gasteiger partial charge in [-0.1, -0.05) is 0 Å². The highest BCUT2D eigenvalue weighted by Gasteiger charge is 2.34. The van der Waals surface area contributed by atoms with Crippen LogP contribution in [0.2, 0.25) is 0 Å². The molecular weight excluding hydrogens is 354 g/mol. The van der Waals surface area contributed by atoms with Gasteiger partial charge in [0.05, 0.1) is 29.5 Å². The molecule has 1 saturated carbocycles. The van der Waals surface area contributed by atoms with Crippen LogP contribution in [0.15, 0.2) is 16.7 Å². The average Bonchev–Trinajstić information content (AvgIpc) is 2.94. The van der Waals surface area contributed by atoms with Gasteiger partial charge in [0.15, 0.2) is 15.6 Å². The number of nitrogens with one attached hydrogen (secondary N) is 1. The lowest BCUT2D eigenvalue weighted by atomic mass is 10.2. The zero-order valence-electron chi connectivity index (χ0n) is 14.4. The van der Waals surface area contributed by atoms with Gasteiger partial charge in [-0.3, -0.25) is 4.79 Å². The summed E-state index contributed by atoms with van der Waals surface area (Å²) in [5.41, 5.74) is 3.05. The van der Waals surface area contributed by atoms with E-state index in [1.807, 2.05) is 6.07 Å². The number of aromatic nitrogens is 2. The van der Waals surface area contributed by atoms with Crippen LogP contribution in [0.5, 0.6) is 0 Å². The normalized spacial score (nSPS) is 23.9. The maximum atomic E-state index is 12.8. The Morgan fingerprint density at radius 2 is 2.12 bits per heavy atom. The first kappa shape index (κ1) is 16.1. The topological polar surface area (TPSA) is 94.2 Å². The summed E-state index contributed by atoms with van der Waals surface area (Å²) in [5.74, 6) is 1.35. The second-order valence-corrected chi connectivity index (χ2v) is 9.84. The Morgan fingerprint density at radius 3 is 2.85 bits per heavy atom. The highest BCUT2D eigenvalue weighted by atomic mass is 32.2. The number of nitrogens with zero attached hydrogens (tertiary/aromatic N) is 2. The highest BCUT2D eigenvalue weighted by Crippen LogP contribution is 2.41. The molecule has 1 N–H and O–H groups in total. The molecule has 1 aliphatic heterocycles. The molecule has 1 unspecified atom stereocenters. The molecule has 2 aromatic rings. The smallest absolute Gasteiger partial charge is 0.292 e. The molecule has 7 nitrogen and oxygen atoms in total. The summed E-state index contributed by atoms with van der Waals surface area (Å²) >= 11 is 0. The predicted octanol–water partition coefficient (Wildman–Crippen LogP) is 2.45. The van der Waals surface area contributed by atoms with E-state index in [9.17, 15) is 13.2 Å². The third-order valence-electron chi connectivity index (χ3n) is 5.61. The summed E-state index contributed by atoms with van der Waals surface area (Å²) in [6, 6.07) is 1.68. The largest absolute Gasteiger partial charge is 0.459 e. The number of sulfone groups is 1. The van der Waals surface area contributed by atoms with Crippen molar-refractivity contribution in [2.45, 2.75) is 50.5 Å². The highest BCUT2D eigenvalue weighted by molar-refractivity contribution is 7.91. The number of amides is 1. The third kappa shape index (κ3) is 2.76. The van der Waals surface area contributed by atoms with Crippen LogP contribution in [0.25, 0.3) is 0 Å². The molecule has 0 aromatic carbocycles. The van der Waals surface area contributed by atoms with Gasteiger partial charge >= 0.3 is 0 Å². The number of furan rings is 1. The summed E-state index contributed by atoms with van der Waals surface area (Å²) in [6.07, 6.45) is 7.27. The maximum Gasteiger partial charge on any atom is 0.292 e. The van der Waals surface area contributed by atoms with Gasteiger partial charge in [0.1, 0.15) is 5.82 Å². The second kappa shape index (κ2) is 5.70. The molecule has 2 fully saturated rings. The molecule has 5 rings (SSSR count). The van der Waals surface area contributed by atoms with Crippen LogP contribution in [0.4, 0.5) is 5.82 Å². The Hall–Kier alpha value is -2.09. The van der Waals surface area contributed by atoms with Crippen molar-refractivity contribution in [2.24, 2.45) is 0 Å². The third-order valence-corrected chi connectivity index (χ3v) is 7.36. The number of anilines is 1. The summed E-state index contributed by atoms with van der Waals surface area (Å²) in [7, 11) is -3.03. The van der Waals surface area contributed by atoms with E-state index in [-0.39, 0.29) is 23.5 Å².